The first-order chi connectivity index (χ1) is 12.0. The molecule has 2 atom stereocenters. The van der Waals surface area contributed by atoms with Crippen LogP contribution in [0.5, 0.6) is 0 Å². The summed E-state index contributed by atoms with van der Waals surface area (Å²) >= 11 is 0. The number of carbonyl (C=O) groups excluding carboxylic acids is 2. The zero-order valence-electron chi connectivity index (χ0n) is 14.9. The van der Waals surface area contributed by atoms with Crippen LogP contribution < -0.4 is 11.1 Å². The standard InChI is InChI=1S/C20H27N3O2/c1-13(2)19(21)20(25)22-17(14-7-8-14)9-10-18(24)23-11-15-5-3-4-6-16(15)12-23/h3-6,9-10,13-14,17,19H,7-8,11-12,21H2,1-2H3,(H,22,25)/b10-9+/t17-,19+/m1/s1. The van der Waals surface area contributed by atoms with Gasteiger partial charge in [0.1, 0.15) is 0 Å². The molecule has 0 aromatic heterocycles. The van der Waals surface area contributed by atoms with Crippen LogP contribution in [0.25, 0.3) is 0 Å². The van der Waals surface area contributed by atoms with Crippen LogP contribution >= 0.6 is 0 Å². The first kappa shape index (κ1) is 17.7. The van der Waals surface area contributed by atoms with E-state index < -0.39 is 6.04 Å². The third kappa shape index (κ3) is 4.28. The summed E-state index contributed by atoms with van der Waals surface area (Å²) in [6.07, 6.45) is 5.61. The average molecular weight is 341 g/mol. The Bertz CT molecular complexity index is 654. The van der Waals surface area contributed by atoms with E-state index in [0.717, 1.165) is 12.8 Å². The number of nitrogens with one attached hydrogen (secondary N) is 1. The second-order valence-corrected chi connectivity index (χ2v) is 7.46. The molecule has 1 aliphatic heterocycles. The van der Waals surface area contributed by atoms with E-state index in [1.54, 1.807) is 6.08 Å². The van der Waals surface area contributed by atoms with Crippen molar-refractivity contribution >= 4 is 11.8 Å². The van der Waals surface area contributed by atoms with Gasteiger partial charge in [-0.05, 0) is 35.8 Å². The van der Waals surface area contributed by atoms with Crippen molar-refractivity contribution in [2.45, 2.75) is 51.9 Å². The lowest BCUT2D eigenvalue weighted by atomic mass is 10.0. The molecule has 0 saturated heterocycles. The Hall–Kier alpha value is -2.14. The molecule has 1 aromatic carbocycles. The van der Waals surface area contributed by atoms with Gasteiger partial charge in [0.15, 0.2) is 0 Å². The highest BCUT2D eigenvalue weighted by Crippen LogP contribution is 2.33. The monoisotopic (exact) mass is 341 g/mol. The smallest absolute Gasteiger partial charge is 0.246 e. The minimum absolute atomic E-state index is 0.00995. The second-order valence-electron chi connectivity index (χ2n) is 7.46. The number of nitrogens with two attached hydrogens (primary N) is 1. The summed E-state index contributed by atoms with van der Waals surface area (Å²) in [7, 11) is 0. The fourth-order valence-electron chi connectivity index (χ4n) is 3.12. The van der Waals surface area contributed by atoms with Crippen molar-refractivity contribution in [1.82, 2.24) is 10.2 Å². The van der Waals surface area contributed by atoms with E-state index >= 15 is 0 Å². The molecule has 3 rings (SSSR count). The maximum Gasteiger partial charge on any atom is 0.246 e. The first-order valence-corrected chi connectivity index (χ1v) is 9.05. The lowest BCUT2D eigenvalue weighted by molar-refractivity contribution is -0.127. The third-order valence-electron chi connectivity index (χ3n) is 5.06. The summed E-state index contributed by atoms with van der Waals surface area (Å²) < 4.78 is 0. The Morgan fingerprint density at radius 2 is 1.80 bits per heavy atom. The van der Waals surface area contributed by atoms with Gasteiger partial charge in [-0.2, -0.15) is 0 Å². The quantitative estimate of drug-likeness (QED) is 0.777. The molecule has 25 heavy (non-hydrogen) atoms. The van der Waals surface area contributed by atoms with E-state index in [2.05, 4.69) is 17.4 Å². The van der Waals surface area contributed by atoms with Crippen molar-refractivity contribution in [2.24, 2.45) is 17.6 Å². The lowest BCUT2D eigenvalue weighted by Gasteiger charge is -2.20. The number of carbonyl (C=O) groups is 2. The van der Waals surface area contributed by atoms with Gasteiger partial charge in [0.25, 0.3) is 0 Å². The van der Waals surface area contributed by atoms with Gasteiger partial charge in [0, 0.05) is 19.2 Å². The maximum atomic E-state index is 12.5. The molecule has 3 N–H and O–H groups in total. The number of rotatable bonds is 6. The molecule has 5 heteroatoms. The molecule has 2 amide bonds. The predicted molar refractivity (Wildman–Crippen MR) is 97.3 cm³/mol. The molecule has 5 nitrogen and oxygen atoms in total. The molecule has 1 heterocycles. The fraction of sp³-hybridized carbons (Fsp3) is 0.500. The average Bonchev–Trinajstić information content (AvgIpc) is 3.35. The fourth-order valence-corrected chi connectivity index (χ4v) is 3.12. The molecule has 1 fully saturated rings. The molecular formula is C20H27N3O2. The van der Waals surface area contributed by atoms with Gasteiger partial charge in [-0.1, -0.05) is 44.2 Å². The van der Waals surface area contributed by atoms with Crippen LogP contribution in [0, 0.1) is 11.8 Å². The molecule has 0 unspecified atom stereocenters. The van der Waals surface area contributed by atoms with Crippen LogP contribution in [0.1, 0.15) is 37.8 Å². The number of amides is 2. The van der Waals surface area contributed by atoms with E-state index in [1.165, 1.54) is 11.1 Å². The number of hydrogen-bond donors (Lipinski definition) is 2. The Kier molecular flexibility index (Phi) is 5.23. The van der Waals surface area contributed by atoms with Gasteiger partial charge in [-0.25, -0.2) is 0 Å². The molecular weight excluding hydrogens is 314 g/mol. The van der Waals surface area contributed by atoms with Crippen LogP contribution in [0.4, 0.5) is 0 Å². The Morgan fingerprint density at radius 3 is 2.32 bits per heavy atom. The summed E-state index contributed by atoms with van der Waals surface area (Å²) in [6, 6.07) is 7.50. The normalized spacial score (nSPS) is 19.1. The van der Waals surface area contributed by atoms with E-state index in [0.29, 0.717) is 19.0 Å². The first-order valence-electron chi connectivity index (χ1n) is 9.05. The van der Waals surface area contributed by atoms with Gasteiger partial charge in [0.2, 0.25) is 11.8 Å². The maximum absolute atomic E-state index is 12.5. The van der Waals surface area contributed by atoms with Gasteiger partial charge in [0.05, 0.1) is 12.1 Å². The van der Waals surface area contributed by atoms with Crippen LogP contribution in [-0.2, 0) is 22.7 Å². The van der Waals surface area contributed by atoms with Crippen LogP contribution in [0.3, 0.4) is 0 Å². The van der Waals surface area contributed by atoms with Crippen LogP contribution in [-0.4, -0.2) is 28.8 Å². The molecule has 0 spiro atoms. The Labute approximate surface area is 149 Å². The molecule has 1 aromatic rings. The highest BCUT2D eigenvalue weighted by Gasteiger charge is 2.32. The molecule has 1 saturated carbocycles. The summed E-state index contributed by atoms with van der Waals surface area (Å²) in [5.74, 6) is 0.360. The molecule has 2 aliphatic rings. The molecule has 0 radical (unpaired) electrons. The van der Waals surface area contributed by atoms with Gasteiger partial charge >= 0.3 is 0 Å². The predicted octanol–water partition coefficient (Wildman–Crippen LogP) is 1.96. The van der Waals surface area contributed by atoms with E-state index in [4.69, 9.17) is 5.73 Å². The van der Waals surface area contributed by atoms with Crippen molar-refractivity contribution in [3.05, 3.63) is 47.5 Å². The number of nitrogens with zero attached hydrogens (tertiary/aromatic N) is 1. The van der Waals surface area contributed by atoms with Crippen molar-refractivity contribution < 1.29 is 9.59 Å². The summed E-state index contributed by atoms with van der Waals surface area (Å²) in [5.41, 5.74) is 8.34. The second kappa shape index (κ2) is 7.40. The van der Waals surface area contributed by atoms with Crippen LogP contribution in [0.2, 0.25) is 0 Å². The molecule has 1 aliphatic carbocycles. The van der Waals surface area contributed by atoms with E-state index in [-0.39, 0.29) is 23.8 Å². The SMILES string of the molecule is CC(C)[C@H](N)C(=O)N[C@H](/C=C/C(=O)N1Cc2ccccc2C1)C1CC1. The van der Waals surface area contributed by atoms with Crippen molar-refractivity contribution in [1.29, 1.82) is 0 Å². The molecule has 0 bridgehead atoms. The van der Waals surface area contributed by atoms with Gasteiger partial charge in [-0.3, -0.25) is 9.59 Å². The van der Waals surface area contributed by atoms with Crippen molar-refractivity contribution in [3.8, 4) is 0 Å². The number of benzene rings is 1. The topological polar surface area (TPSA) is 75.4 Å². The van der Waals surface area contributed by atoms with Crippen molar-refractivity contribution in [2.75, 3.05) is 0 Å². The third-order valence-corrected chi connectivity index (χ3v) is 5.06. The lowest BCUT2D eigenvalue weighted by Crippen LogP contribution is -2.48. The zero-order valence-corrected chi connectivity index (χ0v) is 14.9. The number of hydrogen-bond acceptors (Lipinski definition) is 3. The molecule has 134 valence electrons. The highest BCUT2D eigenvalue weighted by atomic mass is 16.2. The van der Waals surface area contributed by atoms with Crippen LogP contribution in [0.15, 0.2) is 36.4 Å². The summed E-state index contributed by atoms with van der Waals surface area (Å²) in [4.78, 5) is 26.5. The number of fused-ring (bicyclic) bond motifs is 1. The Morgan fingerprint density at radius 1 is 1.20 bits per heavy atom. The van der Waals surface area contributed by atoms with E-state index in [9.17, 15) is 9.59 Å². The minimum atomic E-state index is -0.515. The zero-order chi connectivity index (χ0) is 18.0. The van der Waals surface area contributed by atoms with Gasteiger partial charge < -0.3 is 16.0 Å². The van der Waals surface area contributed by atoms with E-state index in [1.807, 2.05) is 37.0 Å². The van der Waals surface area contributed by atoms with Gasteiger partial charge in [-0.15, -0.1) is 0 Å². The Balaban J connectivity index is 1.59. The minimum Gasteiger partial charge on any atom is -0.348 e. The largest absolute Gasteiger partial charge is 0.348 e. The summed E-state index contributed by atoms with van der Waals surface area (Å²) in [6.45, 7) is 5.16. The van der Waals surface area contributed by atoms with Crippen molar-refractivity contribution in [3.63, 3.8) is 0 Å². The highest BCUT2D eigenvalue weighted by molar-refractivity contribution is 5.88. The summed E-state index contributed by atoms with van der Waals surface area (Å²) in [5, 5.41) is 3.00.